The van der Waals surface area contributed by atoms with Gasteiger partial charge in [-0.25, -0.2) is 18.1 Å². The number of fused-ring (bicyclic) bond motifs is 1. The third kappa shape index (κ3) is 4.24. The molecule has 0 saturated carbocycles. The van der Waals surface area contributed by atoms with Crippen molar-refractivity contribution in [2.75, 3.05) is 5.75 Å². The summed E-state index contributed by atoms with van der Waals surface area (Å²) in [4.78, 5) is 4.62. The first-order valence-electron chi connectivity index (χ1n) is 8.60. The molecule has 130 valence electrons. The zero-order valence-electron chi connectivity index (χ0n) is 14.2. The minimum Gasteiger partial charge on any atom is -0.334 e. The number of rotatable bonds is 7. The SMILES string of the molecule is Cn1c(CNS(=O)(=O)CCCc2ccccc2)nc2c1CCCC2. The number of hydrogen-bond acceptors (Lipinski definition) is 3. The molecule has 1 aromatic carbocycles. The zero-order chi connectivity index (χ0) is 17.0. The van der Waals surface area contributed by atoms with Gasteiger partial charge in [0.05, 0.1) is 18.0 Å². The summed E-state index contributed by atoms with van der Waals surface area (Å²) in [5.41, 5.74) is 3.58. The van der Waals surface area contributed by atoms with Gasteiger partial charge in [0.1, 0.15) is 5.82 Å². The molecule has 0 saturated heterocycles. The highest BCUT2D eigenvalue weighted by Crippen LogP contribution is 2.21. The Kier molecular flexibility index (Phi) is 5.36. The third-order valence-corrected chi connectivity index (χ3v) is 6.05. The van der Waals surface area contributed by atoms with Crippen molar-refractivity contribution >= 4 is 10.0 Å². The van der Waals surface area contributed by atoms with Crippen LogP contribution in [0.15, 0.2) is 30.3 Å². The second-order valence-corrected chi connectivity index (χ2v) is 8.34. The second kappa shape index (κ2) is 7.49. The average Bonchev–Trinajstić information content (AvgIpc) is 2.91. The number of aromatic nitrogens is 2. The monoisotopic (exact) mass is 347 g/mol. The fourth-order valence-electron chi connectivity index (χ4n) is 3.26. The van der Waals surface area contributed by atoms with Gasteiger partial charge < -0.3 is 4.57 Å². The lowest BCUT2D eigenvalue weighted by molar-refractivity contribution is 0.574. The summed E-state index contributed by atoms with van der Waals surface area (Å²) >= 11 is 0. The van der Waals surface area contributed by atoms with Gasteiger partial charge in [0.15, 0.2) is 0 Å². The van der Waals surface area contributed by atoms with Crippen LogP contribution in [0.1, 0.15) is 42.0 Å². The molecule has 6 heteroatoms. The standard InChI is InChI=1S/C18H25N3O2S/c1-21-17-12-6-5-11-16(17)20-18(21)14-19-24(22,23)13-7-10-15-8-3-2-4-9-15/h2-4,8-9,19H,5-7,10-14H2,1H3. The van der Waals surface area contributed by atoms with Crippen LogP contribution in [-0.4, -0.2) is 23.7 Å². The summed E-state index contributed by atoms with van der Waals surface area (Å²) in [5, 5.41) is 0. The Balaban J connectivity index is 1.53. The summed E-state index contributed by atoms with van der Waals surface area (Å²) in [6.45, 7) is 0.275. The van der Waals surface area contributed by atoms with Gasteiger partial charge in [-0.15, -0.1) is 0 Å². The van der Waals surface area contributed by atoms with Gasteiger partial charge in [-0.3, -0.25) is 0 Å². The van der Waals surface area contributed by atoms with Crippen molar-refractivity contribution in [3.63, 3.8) is 0 Å². The highest BCUT2D eigenvalue weighted by molar-refractivity contribution is 7.89. The van der Waals surface area contributed by atoms with Crippen LogP contribution in [0.25, 0.3) is 0 Å². The first-order chi connectivity index (χ1) is 11.6. The summed E-state index contributed by atoms with van der Waals surface area (Å²) in [7, 11) is -1.29. The minimum absolute atomic E-state index is 0.145. The fraction of sp³-hybridized carbons (Fsp3) is 0.500. The number of aryl methyl sites for hydroxylation is 2. The maximum atomic E-state index is 12.2. The highest BCUT2D eigenvalue weighted by Gasteiger charge is 2.19. The van der Waals surface area contributed by atoms with Crippen LogP contribution in [0, 0.1) is 0 Å². The van der Waals surface area contributed by atoms with Crippen LogP contribution in [0.2, 0.25) is 0 Å². The third-order valence-electron chi connectivity index (χ3n) is 4.64. The van der Waals surface area contributed by atoms with Gasteiger partial charge in [0.25, 0.3) is 0 Å². The van der Waals surface area contributed by atoms with E-state index in [1.807, 2.05) is 37.4 Å². The number of nitrogens with one attached hydrogen (secondary N) is 1. The van der Waals surface area contributed by atoms with Crippen LogP contribution in [0.3, 0.4) is 0 Å². The number of imidazole rings is 1. The maximum absolute atomic E-state index is 12.2. The Bertz CT molecular complexity index is 782. The molecule has 0 amide bonds. The number of hydrogen-bond donors (Lipinski definition) is 1. The Morgan fingerprint density at radius 1 is 1.17 bits per heavy atom. The topological polar surface area (TPSA) is 64.0 Å². The van der Waals surface area contributed by atoms with Crippen molar-refractivity contribution in [2.45, 2.75) is 45.1 Å². The van der Waals surface area contributed by atoms with E-state index in [4.69, 9.17) is 0 Å². The van der Waals surface area contributed by atoms with Crippen LogP contribution < -0.4 is 4.72 Å². The Morgan fingerprint density at radius 2 is 1.92 bits per heavy atom. The van der Waals surface area contributed by atoms with E-state index >= 15 is 0 Å². The van der Waals surface area contributed by atoms with Gasteiger partial charge in [0, 0.05) is 12.7 Å². The molecule has 0 aliphatic heterocycles. The molecule has 5 nitrogen and oxygen atoms in total. The van der Waals surface area contributed by atoms with Crippen LogP contribution in [0.5, 0.6) is 0 Å². The zero-order valence-corrected chi connectivity index (χ0v) is 15.0. The fourth-order valence-corrected chi connectivity index (χ4v) is 4.28. The average molecular weight is 347 g/mol. The normalized spacial score (nSPS) is 14.5. The van der Waals surface area contributed by atoms with Crippen molar-refractivity contribution in [2.24, 2.45) is 7.05 Å². The molecule has 2 aromatic rings. The molecule has 0 fully saturated rings. The van der Waals surface area contributed by atoms with E-state index < -0.39 is 10.0 Å². The Labute approximate surface area is 144 Å². The van der Waals surface area contributed by atoms with Crippen LogP contribution in [0.4, 0.5) is 0 Å². The maximum Gasteiger partial charge on any atom is 0.212 e. The second-order valence-electron chi connectivity index (χ2n) is 6.42. The molecule has 0 radical (unpaired) electrons. The van der Waals surface area contributed by atoms with Crippen molar-refractivity contribution < 1.29 is 8.42 Å². The molecule has 1 heterocycles. The first-order valence-corrected chi connectivity index (χ1v) is 10.2. The van der Waals surface area contributed by atoms with Gasteiger partial charge >= 0.3 is 0 Å². The minimum atomic E-state index is -3.27. The molecule has 0 spiro atoms. The largest absolute Gasteiger partial charge is 0.334 e. The molecule has 0 bridgehead atoms. The van der Waals surface area contributed by atoms with Crippen molar-refractivity contribution in [3.05, 3.63) is 53.1 Å². The highest BCUT2D eigenvalue weighted by atomic mass is 32.2. The number of sulfonamides is 1. The van der Waals surface area contributed by atoms with Gasteiger partial charge in [-0.1, -0.05) is 30.3 Å². The first kappa shape index (κ1) is 17.2. The van der Waals surface area contributed by atoms with E-state index in [9.17, 15) is 8.42 Å². The molecule has 0 unspecified atom stereocenters. The Morgan fingerprint density at radius 3 is 2.67 bits per heavy atom. The van der Waals surface area contributed by atoms with Crippen molar-refractivity contribution in [1.82, 2.24) is 14.3 Å². The lowest BCUT2D eigenvalue weighted by Crippen LogP contribution is -2.27. The van der Waals surface area contributed by atoms with E-state index in [0.717, 1.165) is 30.8 Å². The molecular formula is C18H25N3O2S. The molecule has 1 aliphatic carbocycles. The molecular weight excluding hydrogens is 322 g/mol. The van der Waals surface area contributed by atoms with E-state index in [1.165, 1.54) is 24.1 Å². The molecule has 1 aromatic heterocycles. The predicted molar refractivity (Wildman–Crippen MR) is 95.2 cm³/mol. The molecule has 24 heavy (non-hydrogen) atoms. The van der Waals surface area contributed by atoms with E-state index in [-0.39, 0.29) is 12.3 Å². The summed E-state index contributed by atoms with van der Waals surface area (Å²) < 4.78 is 29.2. The quantitative estimate of drug-likeness (QED) is 0.836. The van der Waals surface area contributed by atoms with E-state index in [1.54, 1.807) is 0 Å². The number of nitrogens with zero attached hydrogens (tertiary/aromatic N) is 2. The van der Waals surface area contributed by atoms with Crippen molar-refractivity contribution in [1.29, 1.82) is 0 Å². The summed E-state index contributed by atoms with van der Waals surface area (Å²) in [5.74, 6) is 0.958. The Hall–Kier alpha value is -1.66. The predicted octanol–water partition coefficient (Wildman–Crippen LogP) is 2.35. The molecule has 0 atom stereocenters. The smallest absolute Gasteiger partial charge is 0.212 e. The number of benzene rings is 1. The van der Waals surface area contributed by atoms with Crippen molar-refractivity contribution in [3.8, 4) is 0 Å². The molecule has 1 N–H and O–H groups in total. The lowest BCUT2D eigenvalue weighted by atomic mass is 10.0. The lowest BCUT2D eigenvalue weighted by Gasteiger charge is -2.11. The van der Waals surface area contributed by atoms with Crippen LogP contribution in [-0.2, 0) is 42.9 Å². The summed E-state index contributed by atoms with van der Waals surface area (Å²) in [6.07, 6.45) is 5.82. The van der Waals surface area contributed by atoms with Gasteiger partial charge in [-0.05, 0) is 44.1 Å². The van der Waals surface area contributed by atoms with Crippen LogP contribution >= 0.6 is 0 Å². The van der Waals surface area contributed by atoms with Gasteiger partial charge in [0.2, 0.25) is 10.0 Å². The van der Waals surface area contributed by atoms with Gasteiger partial charge in [-0.2, -0.15) is 0 Å². The molecule has 1 aliphatic rings. The summed E-state index contributed by atoms with van der Waals surface area (Å²) in [6, 6.07) is 9.97. The molecule has 3 rings (SSSR count). The van der Waals surface area contributed by atoms with E-state index in [0.29, 0.717) is 6.42 Å². The van der Waals surface area contributed by atoms with E-state index in [2.05, 4.69) is 14.3 Å².